The van der Waals surface area contributed by atoms with E-state index in [2.05, 4.69) is 0 Å². The zero-order valence-electron chi connectivity index (χ0n) is 16.4. The second kappa shape index (κ2) is 7.64. The van der Waals surface area contributed by atoms with Crippen LogP contribution in [0.25, 0.3) is 0 Å². The number of esters is 1. The number of carbonyl (C=O) groups excluding carboxylic acids is 1. The topological polar surface area (TPSA) is 110 Å². The Balaban J connectivity index is 1.89. The minimum Gasteiger partial charge on any atom is -0.482 e. The molecule has 7 nitrogen and oxygen atoms in total. The summed E-state index contributed by atoms with van der Waals surface area (Å²) in [6, 6.07) is 12.3. The highest BCUT2D eigenvalue weighted by atomic mass is 32.3. The van der Waals surface area contributed by atoms with Gasteiger partial charge in [0.15, 0.2) is 16.4 Å². The molecule has 0 spiro atoms. The molecule has 0 aliphatic carbocycles. The molecule has 9 heteroatoms. The van der Waals surface area contributed by atoms with Crippen molar-refractivity contribution < 1.29 is 31.8 Å². The predicted octanol–water partition coefficient (Wildman–Crippen LogP) is 4.05. The van der Waals surface area contributed by atoms with Gasteiger partial charge in [0.25, 0.3) is 0 Å². The first kappa shape index (κ1) is 21.6. The molecule has 2 aromatic rings. The number of sulfone groups is 1. The fourth-order valence-electron chi connectivity index (χ4n) is 3.10. The first-order valence-corrected chi connectivity index (χ1v) is 12.2. The summed E-state index contributed by atoms with van der Waals surface area (Å²) < 4.78 is 57.7. The van der Waals surface area contributed by atoms with Crippen LogP contribution in [0.15, 0.2) is 58.3 Å². The van der Waals surface area contributed by atoms with Crippen molar-refractivity contribution in [2.24, 2.45) is 0 Å². The smallest absolute Gasteiger partial charge is 0.344 e. The minimum absolute atomic E-state index is 0.105. The molecule has 3 rings (SSSR count). The normalized spacial score (nSPS) is 19.3. The largest absolute Gasteiger partial charge is 0.482 e. The van der Waals surface area contributed by atoms with Gasteiger partial charge >= 0.3 is 5.97 Å². The van der Waals surface area contributed by atoms with Crippen LogP contribution in [-0.4, -0.2) is 41.5 Å². The molecule has 0 saturated heterocycles. The third-order valence-electron chi connectivity index (χ3n) is 4.29. The van der Waals surface area contributed by atoms with Crippen molar-refractivity contribution in [3.05, 3.63) is 54.1 Å². The van der Waals surface area contributed by atoms with Gasteiger partial charge in [-0.3, -0.25) is 9.11 Å². The van der Waals surface area contributed by atoms with Gasteiger partial charge in [0.2, 0.25) is 0 Å². The SMILES string of the molecule is CC(C)(C)OC(=O)COc1ccc2c(c1)C(S(=O)(=O)c1ccccc1)CS2(O)O. The summed E-state index contributed by atoms with van der Waals surface area (Å²) in [6.45, 7) is 4.88. The highest BCUT2D eigenvalue weighted by molar-refractivity contribution is 8.25. The molecule has 2 N–H and O–H groups in total. The van der Waals surface area contributed by atoms with Crippen LogP contribution in [0.4, 0.5) is 0 Å². The van der Waals surface area contributed by atoms with Crippen molar-refractivity contribution in [3.63, 3.8) is 0 Å². The summed E-state index contributed by atoms with van der Waals surface area (Å²) in [4.78, 5) is 12.1. The van der Waals surface area contributed by atoms with E-state index in [9.17, 15) is 22.3 Å². The van der Waals surface area contributed by atoms with Gasteiger partial charge in [0.05, 0.1) is 15.5 Å². The average Bonchev–Trinajstić information content (AvgIpc) is 2.91. The number of hydrogen-bond donors (Lipinski definition) is 2. The van der Waals surface area contributed by atoms with Crippen molar-refractivity contribution in [1.82, 2.24) is 0 Å². The molecule has 0 fully saturated rings. The van der Waals surface area contributed by atoms with Crippen LogP contribution in [0.2, 0.25) is 0 Å². The Morgan fingerprint density at radius 3 is 2.41 bits per heavy atom. The van der Waals surface area contributed by atoms with Crippen molar-refractivity contribution in [1.29, 1.82) is 0 Å². The lowest BCUT2D eigenvalue weighted by Crippen LogP contribution is -2.27. The van der Waals surface area contributed by atoms with Crippen molar-refractivity contribution in [3.8, 4) is 5.75 Å². The van der Waals surface area contributed by atoms with Gasteiger partial charge in [-0.05, 0) is 56.7 Å². The lowest BCUT2D eigenvalue weighted by Gasteiger charge is -2.27. The van der Waals surface area contributed by atoms with E-state index >= 15 is 0 Å². The standard InChI is InChI=1S/C20H24O7S2/c1-20(2,3)27-19(21)12-26-14-9-10-17-16(11-14)18(13-28(17,22)23)29(24,25)15-7-5-4-6-8-15/h4-11,18,22-23H,12-13H2,1-3H3. The molecule has 1 aliphatic rings. The fourth-order valence-corrected chi connectivity index (χ4v) is 7.50. The molecular formula is C20H24O7S2. The van der Waals surface area contributed by atoms with Gasteiger partial charge < -0.3 is 9.47 Å². The van der Waals surface area contributed by atoms with Gasteiger partial charge in [-0.15, -0.1) is 0 Å². The molecule has 0 radical (unpaired) electrons. The third-order valence-corrected chi connectivity index (χ3v) is 8.47. The zero-order chi connectivity index (χ0) is 21.4. The molecule has 29 heavy (non-hydrogen) atoms. The summed E-state index contributed by atoms with van der Waals surface area (Å²) >= 11 is 0. The highest BCUT2D eigenvalue weighted by Gasteiger charge is 2.43. The van der Waals surface area contributed by atoms with E-state index in [4.69, 9.17) is 9.47 Å². The summed E-state index contributed by atoms with van der Waals surface area (Å²) in [5.74, 6) is -0.620. The number of fused-ring (bicyclic) bond motifs is 1. The second-order valence-corrected chi connectivity index (χ2v) is 12.0. The Morgan fingerprint density at radius 1 is 1.14 bits per heavy atom. The van der Waals surface area contributed by atoms with Crippen molar-refractivity contribution in [2.45, 2.75) is 41.4 Å². The molecule has 1 heterocycles. The Bertz CT molecular complexity index is 1010. The molecule has 0 saturated carbocycles. The molecule has 0 amide bonds. The van der Waals surface area contributed by atoms with Crippen LogP contribution in [0.3, 0.4) is 0 Å². The van der Waals surface area contributed by atoms with Crippen LogP contribution in [0, 0.1) is 0 Å². The van der Waals surface area contributed by atoms with E-state index in [1.165, 1.54) is 30.3 Å². The van der Waals surface area contributed by atoms with Crippen LogP contribution >= 0.6 is 10.6 Å². The van der Waals surface area contributed by atoms with Gasteiger partial charge in [-0.2, -0.15) is 10.6 Å². The number of carbonyl (C=O) groups is 1. The Kier molecular flexibility index (Phi) is 5.70. The lowest BCUT2D eigenvalue weighted by molar-refractivity contribution is -0.157. The highest BCUT2D eigenvalue weighted by Crippen LogP contribution is 2.61. The monoisotopic (exact) mass is 440 g/mol. The summed E-state index contributed by atoms with van der Waals surface area (Å²) in [5.41, 5.74) is -0.375. The van der Waals surface area contributed by atoms with Crippen LogP contribution in [0.1, 0.15) is 31.6 Å². The maximum absolute atomic E-state index is 13.1. The molecule has 1 aliphatic heterocycles. The van der Waals surface area contributed by atoms with E-state index in [-0.39, 0.29) is 33.5 Å². The first-order valence-electron chi connectivity index (χ1n) is 8.94. The van der Waals surface area contributed by atoms with Crippen molar-refractivity contribution >= 4 is 26.4 Å². The average molecular weight is 441 g/mol. The third kappa shape index (κ3) is 4.75. The molecule has 2 aromatic carbocycles. The number of ether oxygens (including phenoxy) is 2. The van der Waals surface area contributed by atoms with E-state index in [1.54, 1.807) is 39.0 Å². The molecule has 1 unspecified atom stereocenters. The maximum atomic E-state index is 13.1. The van der Waals surface area contributed by atoms with E-state index in [1.807, 2.05) is 0 Å². The quantitative estimate of drug-likeness (QED) is 0.675. The predicted molar refractivity (Wildman–Crippen MR) is 110 cm³/mol. The summed E-state index contributed by atoms with van der Waals surface area (Å²) in [5, 5.41) is -1.12. The first-order chi connectivity index (χ1) is 13.4. The number of hydrogen-bond acceptors (Lipinski definition) is 7. The zero-order valence-corrected chi connectivity index (χ0v) is 18.0. The van der Waals surface area contributed by atoms with E-state index in [0.29, 0.717) is 0 Å². The second-order valence-electron chi connectivity index (χ2n) is 7.75. The Labute approximate surface area is 171 Å². The maximum Gasteiger partial charge on any atom is 0.344 e. The van der Waals surface area contributed by atoms with Crippen LogP contribution < -0.4 is 4.74 Å². The number of benzene rings is 2. The minimum atomic E-state index is -3.84. The Morgan fingerprint density at radius 2 is 1.79 bits per heavy atom. The molecular weight excluding hydrogens is 416 g/mol. The van der Waals surface area contributed by atoms with Crippen LogP contribution in [-0.2, 0) is 19.4 Å². The molecule has 0 aromatic heterocycles. The lowest BCUT2D eigenvalue weighted by atomic mass is 10.1. The van der Waals surface area contributed by atoms with Gasteiger partial charge in [-0.1, -0.05) is 18.2 Å². The van der Waals surface area contributed by atoms with Gasteiger partial charge in [-0.25, -0.2) is 13.2 Å². The summed E-state index contributed by atoms with van der Waals surface area (Å²) in [7, 11) is -7.09. The van der Waals surface area contributed by atoms with E-state index in [0.717, 1.165) is 0 Å². The number of rotatable bonds is 5. The Hall–Kier alpha value is -2.07. The molecule has 0 bridgehead atoms. The molecule has 1 atom stereocenters. The fraction of sp³-hybridized carbons (Fsp3) is 0.350. The van der Waals surface area contributed by atoms with Crippen molar-refractivity contribution in [2.75, 3.05) is 12.4 Å². The van der Waals surface area contributed by atoms with Gasteiger partial charge in [0.1, 0.15) is 16.6 Å². The van der Waals surface area contributed by atoms with Gasteiger partial charge in [0, 0.05) is 0 Å². The summed E-state index contributed by atoms with van der Waals surface area (Å²) in [6.07, 6.45) is 0. The van der Waals surface area contributed by atoms with E-state index < -0.39 is 37.2 Å². The molecule has 158 valence electrons. The van der Waals surface area contributed by atoms with Crippen LogP contribution in [0.5, 0.6) is 5.75 Å².